The van der Waals surface area contributed by atoms with Crippen molar-refractivity contribution in [2.24, 2.45) is 5.92 Å². The molecule has 3 heteroatoms. The van der Waals surface area contributed by atoms with E-state index >= 15 is 0 Å². The minimum absolute atomic E-state index is 0.00604. The third kappa shape index (κ3) is 3.19. The Kier molecular flexibility index (Phi) is 4.69. The highest BCUT2D eigenvalue weighted by Gasteiger charge is 2.41. The van der Waals surface area contributed by atoms with Crippen LogP contribution < -0.4 is 0 Å². The molecule has 0 amide bonds. The van der Waals surface area contributed by atoms with E-state index in [1.165, 1.54) is 24.8 Å². The number of carbonyl (C=O) groups is 1. The third-order valence-electron chi connectivity index (χ3n) is 5.09. The molecule has 0 aromatic heterocycles. The van der Waals surface area contributed by atoms with Gasteiger partial charge in [0.25, 0.3) is 0 Å². The summed E-state index contributed by atoms with van der Waals surface area (Å²) in [7, 11) is 0. The number of ketones is 1. The maximum absolute atomic E-state index is 12.9. The largest absolute Gasteiger partial charge is 0.375 e. The summed E-state index contributed by atoms with van der Waals surface area (Å²) in [6.45, 7) is 2.82. The van der Waals surface area contributed by atoms with Crippen LogP contribution in [-0.4, -0.2) is 18.0 Å². The molecule has 1 aliphatic carbocycles. The summed E-state index contributed by atoms with van der Waals surface area (Å²) in [6.07, 6.45) is 7.91. The minimum atomic E-state index is 0.00604. The number of hydrogen-bond donors (Lipinski definition) is 0. The van der Waals surface area contributed by atoms with Gasteiger partial charge in [-0.25, -0.2) is 0 Å². The van der Waals surface area contributed by atoms with Crippen molar-refractivity contribution in [3.8, 4) is 0 Å². The van der Waals surface area contributed by atoms with Crippen LogP contribution in [0, 0.1) is 16.4 Å². The lowest BCUT2D eigenvalue weighted by molar-refractivity contribution is -0.111. The van der Waals surface area contributed by atoms with E-state index < -0.39 is 0 Å². The summed E-state index contributed by atoms with van der Waals surface area (Å²) >= 11 is 2.31. The van der Waals surface area contributed by atoms with E-state index in [4.69, 9.17) is 4.74 Å². The van der Waals surface area contributed by atoms with Gasteiger partial charge in [0.1, 0.15) is 0 Å². The van der Waals surface area contributed by atoms with E-state index in [1.807, 2.05) is 12.1 Å². The zero-order chi connectivity index (χ0) is 14.9. The van der Waals surface area contributed by atoms with Crippen molar-refractivity contribution in [3.63, 3.8) is 0 Å². The number of carbonyl (C=O) groups excluding carboxylic acids is 1. The number of rotatable bonds is 2. The molecule has 1 heterocycles. The quantitative estimate of drug-likeness (QED) is 0.523. The fraction of sp³-hybridized carbons (Fsp3) is 0.611. The highest BCUT2D eigenvalue weighted by molar-refractivity contribution is 14.1. The summed E-state index contributed by atoms with van der Waals surface area (Å²) in [4.78, 5) is 12.9. The van der Waals surface area contributed by atoms with E-state index in [0.717, 1.165) is 41.4 Å². The van der Waals surface area contributed by atoms with Crippen molar-refractivity contribution in [2.75, 3.05) is 6.61 Å². The molecule has 2 fully saturated rings. The van der Waals surface area contributed by atoms with Gasteiger partial charge in [-0.15, -0.1) is 0 Å². The van der Waals surface area contributed by atoms with E-state index in [0.29, 0.717) is 5.78 Å². The molecule has 1 atom stereocenters. The van der Waals surface area contributed by atoms with Crippen LogP contribution in [0.1, 0.15) is 60.9 Å². The molecule has 1 unspecified atom stereocenters. The molecule has 0 bridgehead atoms. The first kappa shape index (κ1) is 15.5. The van der Waals surface area contributed by atoms with Crippen LogP contribution in [0.2, 0.25) is 0 Å². The average Bonchev–Trinajstić information content (AvgIpc) is 2.50. The molecule has 1 saturated heterocycles. The first-order chi connectivity index (χ1) is 10.1. The summed E-state index contributed by atoms with van der Waals surface area (Å²) in [5, 5.41) is 0. The first-order valence-electron chi connectivity index (χ1n) is 8.05. The van der Waals surface area contributed by atoms with E-state index in [-0.39, 0.29) is 11.5 Å². The lowest BCUT2D eigenvalue weighted by Crippen LogP contribution is -2.43. The number of hydrogen-bond acceptors (Lipinski definition) is 2. The Morgan fingerprint density at radius 3 is 2.81 bits per heavy atom. The van der Waals surface area contributed by atoms with E-state index in [2.05, 4.69) is 35.6 Å². The second-order valence-corrected chi connectivity index (χ2v) is 7.66. The van der Waals surface area contributed by atoms with Crippen molar-refractivity contribution in [1.82, 2.24) is 0 Å². The Morgan fingerprint density at radius 1 is 1.29 bits per heavy atom. The Hall–Kier alpha value is -0.420. The lowest BCUT2D eigenvalue weighted by Gasteiger charge is -2.43. The van der Waals surface area contributed by atoms with Crippen LogP contribution in [0.25, 0.3) is 0 Å². The molecule has 2 aliphatic rings. The molecular weight excluding hydrogens is 375 g/mol. The van der Waals surface area contributed by atoms with Crippen molar-refractivity contribution in [3.05, 3.63) is 32.9 Å². The normalized spacial score (nSPS) is 25.0. The highest BCUT2D eigenvalue weighted by atomic mass is 127. The predicted molar refractivity (Wildman–Crippen MR) is 92.7 cm³/mol. The molecule has 3 rings (SSSR count). The molecule has 0 N–H and O–H groups in total. The molecular formula is C18H23IO2. The number of Topliss-reactive ketones (excluding diaryl/α,β-unsaturated/α-hetero) is 1. The summed E-state index contributed by atoms with van der Waals surface area (Å²) in [5.41, 5.74) is 2.11. The van der Waals surface area contributed by atoms with Crippen molar-refractivity contribution in [2.45, 2.75) is 57.5 Å². The summed E-state index contributed by atoms with van der Waals surface area (Å²) < 4.78 is 7.24. The fourth-order valence-corrected chi connectivity index (χ4v) is 4.48. The maximum Gasteiger partial charge on any atom is 0.167 e. The lowest BCUT2D eigenvalue weighted by atomic mass is 9.74. The first-order valence-corrected chi connectivity index (χ1v) is 9.12. The molecule has 2 nitrogen and oxygen atoms in total. The van der Waals surface area contributed by atoms with Crippen LogP contribution in [0.3, 0.4) is 0 Å². The Morgan fingerprint density at radius 2 is 2.05 bits per heavy atom. The molecule has 1 aliphatic heterocycles. The second-order valence-electron chi connectivity index (χ2n) is 6.58. The van der Waals surface area contributed by atoms with Crippen LogP contribution in [0.5, 0.6) is 0 Å². The van der Waals surface area contributed by atoms with Crippen molar-refractivity contribution in [1.29, 1.82) is 0 Å². The maximum atomic E-state index is 12.9. The van der Waals surface area contributed by atoms with Gasteiger partial charge < -0.3 is 4.74 Å². The Bertz CT molecular complexity index is 527. The molecule has 0 radical (unpaired) electrons. The van der Waals surface area contributed by atoms with Gasteiger partial charge in [0.15, 0.2) is 5.78 Å². The van der Waals surface area contributed by atoms with E-state index in [9.17, 15) is 4.79 Å². The minimum Gasteiger partial charge on any atom is -0.375 e. The monoisotopic (exact) mass is 398 g/mol. The van der Waals surface area contributed by atoms with Crippen molar-refractivity contribution < 1.29 is 9.53 Å². The summed E-state index contributed by atoms with van der Waals surface area (Å²) in [6, 6.07) is 6.06. The van der Waals surface area contributed by atoms with Gasteiger partial charge in [-0.2, -0.15) is 0 Å². The zero-order valence-corrected chi connectivity index (χ0v) is 14.8. The standard InChI is InChI=1S/C18H23IO2/c1-13-6-5-7-15(16(13)19)17(20)14-8-11-21-18(12-14)9-3-2-4-10-18/h5-7,14H,2-4,8-12H2,1H3. The van der Waals surface area contributed by atoms with Crippen LogP contribution in [0.4, 0.5) is 0 Å². The van der Waals surface area contributed by atoms with E-state index in [1.54, 1.807) is 0 Å². The van der Waals surface area contributed by atoms with Gasteiger partial charge in [0.2, 0.25) is 0 Å². The molecule has 1 spiro atoms. The number of halogens is 1. The Balaban J connectivity index is 1.79. The van der Waals surface area contributed by atoms with Crippen molar-refractivity contribution >= 4 is 28.4 Å². The topological polar surface area (TPSA) is 26.3 Å². The third-order valence-corrected chi connectivity index (χ3v) is 6.52. The smallest absolute Gasteiger partial charge is 0.167 e. The van der Waals surface area contributed by atoms with Gasteiger partial charge in [0.05, 0.1) is 5.60 Å². The highest BCUT2D eigenvalue weighted by Crippen LogP contribution is 2.41. The van der Waals surface area contributed by atoms with Gasteiger partial charge >= 0.3 is 0 Å². The zero-order valence-electron chi connectivity index (χ0n) is 12.7. The van der Waals surface area contributed by atoms with Crippen LogP contribution >= 0.6 is 22.6 Å². The number of benzene rings is 1. The molecule has 1 aromatic rings. The fourth-order valence-electron chi connectivity index (χ4n) is 3.85. The van der Waals surface area contributed by atoms with Gasteiger partial charge in [-0.1, -0.05) is 37.5 Å². The average molecular weight is 398 g/mol. The van der Waals surface area contributed by atoms with Crippen LogP contribution in [-0.2, 0) is 4.74 Å². The number of aryl methyl sites for hydroxylation is 1. The van der Waals surface area contributed by atoms with Crippen LogP contribution in [0.15, 0.2) is 18.2 Å². The van der Waals surface area contributed by atoms with Gasteiger partial charge in [-0.3, -0.25) is 4.79 Å². The predicted octanol–water partition coefficient (Wildman–Crippen LogP) is 4.91. The molecule has 21 heavy (non-hydrogen) atoms. The molecule has 114 valence electrons. The molecule has 1 saturated carbocycles. The molecule has 1 aromatic carbocycles. The SMILES string of the molecule is Cc1cccc(C(=O)C2CCOC3(CCCCC3)C2)c1I. The second kappa shape index (κ2) is 6.37. The number of ether oxygens (including phenoxy) is 1. The summed E-state index contributed by atoms with van der Waals surface area (Å²) in [5.74, 6) is 0.475. The van der Waals surface area contributed by atoms with Gasteiger partial charge in [0, 0.05) is 21.7 Å². The van der Waals surface area contributed by atoms with Gasteiger partial charge in [-0.05, 0) is 60.8 Å². The Labute approximate surface area is 140 Å².